The van der Waals surface area contributed by atoms with Gasteiger partial charge in [0, 0.05) is 34.7 Å². The first kappa shape index (κ1) is 24.5. The number of hydrogen-bond donors (Lipinski definition) is 1. The number of ether oxygens (including phenoxy) is 1. The van der Waals surface area contributed by atoms with E-state index in [1.54, 1.807) is 30.1 Å². The number of likely N-dealkylation sites (N-methyl/N-ethyl adjacent to an activating group) is 1. The molecule has 1 saturated carbocycles. The van der Waals surface area contributed by atoms with Crippen molar-refractivity contribution >= 4 is 35.8 Å². The van der Waals surface area contributed by atoms with Crippen molar-refractivity contribution in [1.82, 2.24) is 15.1 Å². The molecule has 0 saturated heterocycles. The molecule has 0 aliphatic heterocycles. The molecule has 0 spiro atoms. The highest BCUT2D eigenvalue weighted by Crippen LogP contribution is 2.38. The third-order valence-corrected chi connectivity index (χ3v) is 5.10. The molecule has 0 aromatic heterocycles. The number of carbonyl (C=O) groups is 1. The molecule has 1 aliphatic rings. The second kappa shape index (κ2) is 11.4. The maximum absolute atomic E-state index is 13.6. The monoisotopic (exact) mass is 506 g/mol. The molecule has 6 nitrogen and oxygen atoms in total. The number of amides is 1. The van der Waals surface area contributed by atoms with E-state index in [-0.39, 0.29) is 46.9 Å². The molecule has 2 rings (SSSR count). The minimum atomic E-state index is -0.368. The average molecular weight is 506 g/mol. The van der Waals surface area contributed by atoms with E-state index in [2.05, 4.69) is 10.3 Å². The summed E-state index contributed by atoms with van der Waals surface area (Å²) in [7, 11) is 7.23. The standard InChI is InChI=1S/C20H31FN4O2.HI/c1-22-19(23-15-20(11-7-8-12-20)18(26)24(2)3)25(4)13-14-27-17-10-6-5-9-16(17)21;/h5-6,9-10H,7-8,11-15H2,1-4H3,(H,22,23);1H. The summed E-state index contributed by atoms with van der Waals surface area (Å²) in [5.41, 5.74) is -0.357. The molecule has 0 radical (unpaired) electrons. The lowest BCUT2D eigenvalue weighted by molar-refractivity contribution is -0.138. The molecule has 8 heteroatoms. The van der Waals surface area contributed by atoms with Gasteiger partial charge in [0.05, 0.1) is 12.0 Å². The fourth-order valence-electron chi connectivity index (χ4n) is 3.59. The molecule has 158 valence electrons. The zero-order chi connectivity index (χ0) is 19.9. The van der Waals surface area contributed by atoms with Crippen molar-refractivity contribution in [3.8, 4) is 5.75 Å². The van der Waals surface area contributed by atoms with Gasteiger partial charge in [-0.1, -0.05) is 25.0 Å². The SMILES string of the molecule is CN=C(NCC1(C(=O)N(C)C)CCCC1)N(C)CCOc1ccccc1F.I. The fraction of sp³-hybridized carbons (Fsp3) is 0.600. The van der Waals surface area contributed by atoms with Gasteiger partial charge in [-0.05, 0) is 25.0 Å². The average Bonchev–Trinajstić information content (AvgIpc) is 3.13. The Morgan fingerprint density at radius 1 is 1.25 bits per heavy atom. The van der Waals surface area contributed by atoms with Crippen molar-refractivity contribution in [2.75, 3.05) is 47.9 Å². The zero-order valence-electron chi connectivity index (χ0n) is 17.2. The number of nitrogens with zero attached hydrogens (tertiary/aromatic N) is 3. The summed E-state index contributed by atoms with van der Waals surface area (Å²) in [6, 6.07) is 6.36. The Kier molecular flexibility index (Phi) is 9.98. The van der Waals surface area contributed by atoms with Crippen molar-refractivity contribution in [1.29, 1.82) is 0 Å². The minimum absolute atomic E-state index is 0. The molecule has 0 unspecified atom stereocenters. The lowest BCUT2D eigenvalue weighted by Gasteiger charge is -2.32. The molecule has 1 aliphatic carbocycles. The Morgan fingerprint density at radius 2 is 1.89 bits per heavy atom. The summed E-state index contributed by atoms with van der Waals surface area (Å²) in [4.78, 5) is 20.6. The van der Waals surface area contributed by atoms with Gasteiger partial charge in [0.1, 0.15) is 6.61 Å². The second-order valence-electron chi connectivity index (χ2n) is 7.29. The van der Waals surface area contributed by atoms with Crippen molar-refractivity contribution < 1.29 is 13.9 Å². The van der Waals surface area contributed by atoms with Crippen molar-refractivity contribution in [2.45, 2.75) is 25.7 Å². The van der Waals surface area contributed by atoms with Crippen LogP contribution in [0.25, 0.3) is 0 Å². The lowest BCUT2D eigenvalue weighted by Crippen LogP contribution is -2.50. The van der Waals surface area contributed by atoms with Crippen LogP contribution in [-0.2, 0) is 4.79 Å². The third-order valence-electron chi connectivity index (χ3n) is 5.10. The van der Waals surface area contributed by atoms with Gasteiger partial charge in [-0.2, -0.15) is 0 Å². The molecular weight excluding hydrogens is 474 g/mol. The second-order valence-corrected chi connectivity index (χ2v) is 7.29. The molecule has 0 heterocycles. The number of hydrogen-bond acceptors (Lipinski definition) is 3. The Labute approximate surface area is 184 Å². The van der Waals surface area contributed by atoms with E-state index in [9.17, 15) is 9.18 Å². The van der Waals surface area contributed by atoms with Crippen molar-refractivity contribution in [3.63, 3.8) is 0 Å². The number of aliphatic imine (C=N–C) groups is 1. The van der Waals surface area contributed by atoms with E-state index >= 15 is 0 Å². The summed E-state index contributed by atoms with van der Waals surface area (Å²) >= 11 is 0. The summed E-state index contributed by atoms with van der Waals surface area (Å²) in [6.07, 6.45) is 3.95. The predicted octanol–water partition coefficient (Wildman–Crippen LogP) is 2.98. The first-order chi connectivity index (χ1) is 12.9. The van der Waals surface area contributed by atoms with E-state index in [0.29, 0.717) is 25.7 Å². The predicted molar refractivity (Wildman–Crippen MR) is 121 cm³/mol. The van der Waals surface area contributed by atoms with Gasteiger partial charge < -0.3 is 19.9 Å². The Bertz CT molecular complexity index is 663. The van der Waals surface area contributed by atoms with Crippen LogP contribution in [0.2, 0.25) is 0 Å². The molecule has 1 aromatic rings. The van der Waals surface area contributed by atoms with Crippen LogP contribution in [0.3, 0.4) is 0 Å². The van der Waals surface area contributed by atoms with Gasteiger partial charge in [0.15, 0.2) is 17.5 Å². The molecule has 1 aromatic carbocycles. The molecule has 0 atom stereocenters. The normalized spacial score (nSPS) is 15.5. The van der Waals surface area contributed by atoms with Gasteiger partial charge in [0.25, 0.3) is 0 Å². The van der Waals surface area contributed by atoms with E-state index < -0.39 is 0 Å². The number of para-hydroxylation sites is 1. The quantitative estimate of drug-likeness (QED) is 0.351. The molecule has 1 amide bonds. The van der Waals surface area contributed by atoms with E-state index in [0.717, 1.165) is 25.7 Å². The maximum Gasteiger partial charge on any atom is 0.230 e. The van der Waals surface area contributed by atoms with Crippen LogP contribution in [0.1, 0.15) is 25.7 Å². The van der Waals surface area contributed by atoms with Gasteiger partial charge in [-0.25, -0.2) is 4.39 Å². The first-order valence-corrected chi connectivity index (χ1v) is 9.40. The minimum Gasteiger partial charge on any atom is -0.489 e. The fourth-order valence-corrected chi connectivity index (χ4v) is 3.59. The number of rotatable bonds is 7. The van der Waals surface area contributed by atoms with Crippen molar-refractivity contribution in [3.05, 3.63) is 30.1 Å². The number of guanidine groups is 1. The highest BCUT2D eigenvalue weighted by atomic mass is 127. The third kappa shape index (κ3) is 6.22. The Balaban J connectivity index is 0.00000392. The zero-order valence-corrected chi connectivity index (χ0v) is 19.5. The van der Waals surface area contributed by atoms with Crippen LogP contribution in [0.15, 0.2) is 29.3 Å². The molecule has 28 heavy (non-hydrogen) atoms. The summed E-state index contributed by atoms with van der Waals surface area (Å²) in [5, 5.41) is 3.35. The molecule has 1 fully saturated rings. The van der Waals surface area contributed by atoms with E-state index in [1.807, 2.05) is 26.0 Å². The van der Waals surface area contributed by atoms with Gasteiger partial charge in [-0.3, -0.25) is 9.79 Å². The van der Waals surface area contributed by atoms with Crippen LogP contribution in [0.4, 0.5) is 4.39 Å². The summed E-state index contributed by atoms with van der Waals surface area (Å²) in [5.74, 6) is 0.752. The van der Waals surface area contributed by atoms with Crippen LogP contribution < -0.4 is 10.1 Å². The molecule has 1 N–H and O–H groups in total. The molecule has 0 bridgehead atoms. The lowest BCUT2D eigenvalue weighted by atomic mass is 9.84. The highest BCUT2D eigenvalue weighted by molar-refractivity contribution is 14.0. The highest BCUT2D eigenvalue weighted by Gasteiger charge is 2.42. The topological polar surface area (TPSA) is 57.2 Å². The largest absolute Gasteiger partial charge is 0.489 e. The van der Waals surface area contributed by atoms with Crippen molar-refractivity contribution in [2.24, 2.45) is 10.4 Å². The van der Waals surface area contributed by atoms with Crippen LogP contribution in [0.5, 0.6) is 5.75 Å². The first-order valence-electron chi connectivity index (χ1n) is 9.40. The Hall–Kier alpha value is -1.58. The number of nitrogens with one attached hydrogen (secondary N) is 1. The summed E-state index contributed by atoms with van der Waals surface area (Å²) < 4.78 is 19.1. The maximum atomic E-state index is 13.6. The van der Waals surface area contributed by atoms with Crippen LogP contribution >= 0.6 is 24.0 Å². The number of halogens is 2. The Morgan fingerprint density at radius 3 is 2.46 bits per heavy atom. The smallest absolute Gasteiger partial charge is 0.230 e. The number of carbonyl (C=O) groups excluding carboxylic acids is 1. The number of benzene rings is 1. The molecular formula is C20H32FIN4O2. The van der Waals surface area contributed by atoms with Gasteiger partial charge in [0.2, 0.25) is 5.91 Å². The van der Waals surface area contributed by atoms with Crippen LogP contribution in [-0.4, -0.2) is 69.6 Å². The van der Waals surface area contributed by atoms with Gasteiger partial charge >= 0.3 is 0 Å². The van der Waals surface area contributed by atoms with Crippen LogP contribution in [0, 0.1) is 11.2 Å². The van der Waals surface area contributed by atoms with E-state index in [1.165, 1.54) is 6.07 Å². The van der Waals surface area contributed by atoms with E-state index in [4.69, 9.17) is 4.74 Å². The summed E-state index contributed by atoms with van der Waals surface area (Å²) in [6.45, 7) is 1.44. The van der Waals surface area contributed by atoms with Gasteiger partial charge in [-0.15, -0.1) is 24.0 Å².